The Balaban J connectivity index is 1.54. The number of hydrogen-bond donors (Lipinski definition) is 1. The van der Waals surface area contributed by atoms with E-state index < -0.39 is 0 Å². The fourth-order valence-corrected chi connectivity index (χ4v) is 4.60. The minimum atomic E-state index is -0.358. The van der Waals surface area contributed by atoms with Crippen LogP contribution in [0.1, 0.15) is 62.4 Å². The van der Waals surface area contributed by atoms with Crippen molar-refractivity contribution in [3.05, 3.63) is 102 Å². The number of nitrogens with zero attached hydrogens (tertiary/aromatic N) is 3. The summed E-state index contributed by atoms with van der Waals surface area (Å²) in [5.41, 5.74) is 3.94. The molecule has 214 valence electrons. The molecule has 0 aliphatic heterocycles. The van der Waals surface area contributed by atoms with E-state index in [0.717, 1.165) is 24.8 Å². The second-order valence-electron chi connectivity index (χ2n) is 10.8. The molecule has 0 aliphatic rings. The van der Waals surface area contributed by atoms with Crippen LogP contribution < -0.4 is 5.32 Å². The lowest BCUT2D eigenvalue weighted by Crippen LogP contribution is -2.39. The van der Waals surface area contributed by atoms with Crippen molar-refractivity contribution in [1.29, 1.82) is 0 Å². The molecule has 2 amide bonds. The number of benzene rings is 3. The molecule has 0 spiro atoms. The van der Waals surface area contributed by atoms with Crippen LogP contribution in [0.15, 0.2) is 84.9 Å². The molecular formula is C34H39FN4O2. The van der Waals surface area contributed by atoms with E-state index in [1.807, 2.05) is 54.6 Å². The van der Waals surface area contributed by atoms with Crippen LogP contribution in [-0.4, -0.2) is 39.6 Å². The number of unbranched alkanes of at least 4 members (excludes halogenated alkanes) is 2. The van der Waals surface area contributed by atoms with Crippen molar-refractivity contribution in [3.63, 3.8) is 0 Å². The third-order valence-corrected chi connectivity index (χ3v) is 6.99. The van der Waals surface area contributed by atoms with Gasteiger partial charge in [-0.2, -0.15) is 5.10 Å². The lowest BCUT2D eigenvalue weighted by atomic mass is 10.0. The van der Waals surface area contributed by atoms with Crippen molar-refractivity contribution in [2.45, 2.75) is 52.9 Å². The van der Waals surface area contributed by atoms with Gasteiger partial charge < -0.3 is 10.2 Å². The standard InChI is InChI=1S/C34H39FN4O2/c1-4-5-7-10-26-13-15-28(16-14-26)34(41)38(22-21-25(2)3)24-33(40)36-32-23-31(27-11-8-6-9-12-27)37-39(32)30-19-17-29(35)18-20-30/h6,8-9,11-20,23,25H,4-5,7,10,21-22,24H2,1-3H3,(H,36,40). The molecule has 0 radical (unpaired) electrons. The van der Waals surface area contributed by atoms with Gasteiger partial charge in [0, 0.05) is 23.7 Å². The molecule has 0 bridgehead atoms. The fraction of sp³-hybridized carbons (Fsp3) is 0.324. The summed E-state index contributed by atoms with van der Waals surface area (Å²) in [5, 5.41) is 7.64. The van der Waals surface area contributed by atoms with E-state index in [1.54, 1.807) is 27.8 Å². The average Bonchev–Trinajstić information content (AvgIpc) is 3.39. The summed E-state index contributed by atoms with van der Waals surface area (Å²) in [5.74, 6) is -0.0436. The fourth-order valence-electron chi connectivity index (χ4n) is 4.60. The number of rotatable bonds is 13. The molecule has 0 saturated carbocycles. The highest BCUT2D eigenvalue weighted by Crippen LogP contribution is 2.25. The van der Waals surface area contributed by atoms with Crippen molar-refractivity contribution in [2.24, 2.45) is 5.92 Å². The Kier molecular flexibility index (Phi) is 10.4. The van der Waals surface area contributed by atoms with Gasteiger partial charge in [-0.15, -0.1) is 0 Å². The number of hydrogen-bond acceptors (Lipinski definition) is 3. The maximum Gasteiger partial charge on any atom is 0.254 e. The van der Waals surface area contributed by atoms with Gasteiger partial charge in [0.2, 0.25) is 5.91 Å². The second kappa shape index (κ2) is 14.4. The lowest BCUT2D eigenvalue weighted by Gasteiger charge is -2.23. The predicted octanol–water partition coefficient (Wildman–Crippen LogP) is 7.54. The van der Waals surface area contributed by atoms with Gasteiger partial charge in [-0.25, -0.2) is 9.07 Å². The van der Waals surface area contributed by atoms with Gasteiger partial charge in [0.1, 0.15) is 18.2 Å². The summed E-state index contributed by atoms with van der Waals surface area (Å²) < 4.78 is 15.2. The van der Waals surface area contributed by atoms with Crippen LogP contribution in [0.4, 0.5) is 10.2 Å². The first-order chi connectivity index (χ1) is 19.8. The van der Waals surface area contributed by atoms with Crippen LogP contribution in [0.3, 0.4) is 0 Å². The lowest BCUT2D eigenvalue weighted by molar-refractivity contribution is -0.117. The van der Waals surface area contributed by atoms with Crippen molar-refractivity contribution in [2.75, 3.05) is 18.4 Å². The van der Waals surface area contributed by atoms with Crippen molar-refractivity contribution in [1.82, 2.24) is 14.7 Å². The van der Waals surface area contributed by atoms with E-state index >= 15 is 0 Å². The number of carbonyl (C=O) groups excluding carboxylic acids is 2. The number of amides is 2. The van der Waals surface area contributed by atoms with E-state index in [4.69, 9.17) is 0 Å². The van der Waals surface area contributed by atoms with E-state index in [0.29, 0.717) is 35.2 Å². The quantitative estimate of drug-likeness (QED) is 0.174. The Bertz CT molecular complexity index is 1410. The monoisotopic (exact) mass is 554 g/mol. The van der Waals surface area contributed by atoms with Gasteiger partial charge >= 0.3 is 0 Å². The smallest absolute Gasteiger partial charge is 0.254 e. The van der Waals surface area contributed by atoms with E-state index in [2.05, 4.69) is 31.2 Å². The number of anilines is 1. The minimum Gasteiger partial charge on any atom is -0.329 e. The Labute approximate surface area is 242 Å². The molecule has 41 heavy (non-hydrogen) atoms. The summed E-state index contributed by atoms with van der Waals surface area (Å²) in [6.07, 6.45) is 5.26. The van der Waals surface area contributed by atoms with Crippen molar-refractivity contribution in [3.8, 4) is 16.9 Å². The van der Waals surface area contributed by atoms with Crippen LogP contribution in [-0.2, 0) is 11.2 Å². The van der Waals surface area contributed by atoms with Gasteiger partial charge in [-0.1, -0.05) is 76.1 Å². The first-order valence-electron chi connectivity index (χ1n) is 14.4. The van der Waals surface area contributed by atoms with Crippen molar-refractivity contribution >= 4 is 17.6 Å². The summed E-state index contributed by atoms with van der Waals surface area (Å²) in [4.78, 5) is 28.5. The zero-order valence-electron chi connectivity index (χ0n) is 24.1. The molecule has 0 aliphatic carbocycles. The van der Waals surface area contributed by atoms with Crippen LogP contribution in [0.2, 0.25) is 0 Å². The Morgan fingerprint density at radius 1 is 0.951 bits per heavy atom. The molecule has 1 aromatic heterocycles. The minimum absolute atomic E-state index is 0.0981. The molecule has 0 fully saturated rings. The van der Waals surface area contributed by atoms with Gasteiger partial charge in [0.05, 0.1) is 11.4 Å². The predicted molar refractivity (Wildman–Crippen MR) is 163 cm³/mol. The molecule has 0 atom stereocenters. The highest BCUT2D eigenvalue weighted by molar-refractivity contribution is 5.99. The first kappa shape index (κ1) is 29.7. The molecule has 0 unspecified atom stereocenters. The second-order valence-corrected chi connectivity index (χ2v) is 10.8. The Morgan fingerprint density at radius 2 is 1.66 bits per heavy atom. The molecule has 7 heteroatoms. The zero-order chi connectivity index (χ0) is 29.2. The normalized spacial score (nSPS) is 11.0. The van der Waals surface area contributed by atoms with Crippen LogP contribution in [0.5, 0.6) is 0 Å². The van der Waals surface area contributed by atoms with Crippen LogP contribution >= 0.6 is 0 Å². The van der Waals surface area contributed by atoms with Crippen molar-refractivity contribution < 1.29 is 14.0 Å². The van der Waals surface area contributed by atoms with Gasteiger partial charge in [-0.3, -0.25) is 9.59 Å². The highest BCUT2D eigenvalue weighted by atomic mass is 19.1. The molecule has 6 nitrogen and oxygen atoms in total. The molecule has 1 N–H and O–H groups in total. The molecule has 0 saturated heterocycles. The van der Waals surface area contributed by atoms with Gasteiger partial charge in [-0.05, 0) is 67.1 Å². The summed E-state index contributed by atoms with van der Waals surface area (Å²) in [7, 11) is 0. The summed E-state index contributed by atoms with van der Waals surface area (Å²) >= 11 is 0. The topological polar surface area (TPSA) is 67.2 Å². The first-order valence-corrected chi connectivity index (χ1v) is 14.4. The summed E-state index contributed by atoms with van der Waals surface area (Å²) in [6.45, 7) is 6.75. The highest BCUT2D eigenvalue weighted by Gasteiger charge is 2.21. The molecule has 4 rings (SSSR count). The number of halogens is 1. The average molecular weight is 555 g/mol. The van der Waals surface area contributed by atoms with E-state index in [9.17, 15) is 14.0 Å². The zero-order valence-corrected chi connectivity index (χ0v) is 24.1. The Morgan fingerprint density at radius 3 is 2.32 bits per heavy atom. The molecule has 1 heterocycles. The van der Waals surface area contributed by atoms with Gasteiger partial charge in [0.15, 0.2) is 0 Å². The SMILES string of the molecule is CCCCCc1ccc(C(=O)N(CCC(C)C)CC(=O)Nc2cc(-c3ccccc3)nn2-c2ccc(F)cc2)cc1. The number of aromatic nitrogens is 2. The molecular weight excluding hydrogens is 515 g/mol. The largest absolute Gasteiger partial charge is 0.329 e. The van der Waals surface area contributed by atoms with E-state index in [1.165, 1.54) is 30.5 Å². The number of aryl methyl sites for hydroxylation is 1. The Hall–Kier alpha value is -4.26. The maximum absolute atomic E-state index is 13.6. The molecule has 4 aromatic rings. The van der Waals surface area contributed by atoms with Gasteiger partial charge in [0.25, 0.3) is 5.91 Å². The number of nitrogens with one attached hydrogen (secondary N) is 1. The van der Waals surface area contributed by atoms with Crippen LogP contribution in [0.25, 0.3) is 16.9 Å². The van der Waals surface area contributed by atoms with E-state index in [-0.39, 0.29) is 24.2 Å². The third kappa shape index (κ3) is 8.37. The van der Waals surface area contributed by atoms with Crippen LogP contribution in [0, 0.1) is 11.7 Å². The third-order valence-electron chi connectivity index (χ3n) is 6.99. The maximum atomic E-state index is 13.6. The summed E-state index contributed by atoms with van der Waals surface area (Å²) in [6, 6.07) is 25.1. The number of carbonyl (C=O) groups is 2. The molecule has 3 aromatic carbocycles.